The average Bonchev–Trinajstić information content (AvgIpc) is 2.73. The van der Waals surface area contributed by atoms with Gasteiger partial charge in [0, 0.05) is 11.3 Å². The second-order valence-electron chi connectivity index (χ2n) is 5.90. The minimum atomic E-state index is -0.294. The Kier molecular flexibility index (Phi) is 6.20. The fraction of sp³-hybridized carbons (Fsp3) is 0.0909. The van der Waals surface area contributed by atoms with Crippen molar-refractivity contribution in [2.24, 2.45) is 0 Å². The molecular weight excluding hydrogens is 340 g/mol. The number of benzene rings is 3. The summed E-state index contributed by atoms with van der Waals surface area (Å²) in [6.45, 7) is 0.387. The van der Waals surface area contributed by atoms with Gasteiger partial charge in [-0.05, 0) is 42.0 Å². The van der Waals surface area contributed by atoms with Gasteiger partial charge in [-0.2, -0.15) is 0 Å². The van der Waals surface area contributed by atoms with E-state index in [2.05, 4.69) is 10.6 Å². The monoisotopic (exact) mass is 360 g/mol. The minimum Gasteiger partial charge on any atom is -0.489 e. The van der Waals surface area contributed by atoms with Gasteiger partial charge < -0.3 is 15.4 Å². The first-order valence-corrected chi connectivity index (χ1v) is 8.60. The number of carbonyl (C=O) groups excluding carboxylic acids is 2. The van der Waals surface area contributed by atoms with Gasteiger partial charge >= 0.3 is 0 Å². The van der Waals surface area contributed by atoms with Crippen molar-refractivity contribution in [1.82, 2.24) is 5.32 Å². The van der Waals surface area contributed by atoms with E-state index in [9.17, 15) is 9.59 Å². The van der Waals surface area contributed by atoms with Crippen molar-refractivity contribution >= 4 is 17.5 Å². The highest BCUT2D eigenvalue weighted by Gasteiger charge is 2.08. The molecule has 2 N–H and O–H groups in total. The zero-order valence-corrected chi connectivity index (χ0v) is 14.7. The van der Waals surface area contributed by atoms with E-state index in [-0.39, 0.29) is 18.4 Å². The van der Waals surface area contributed by atoms with E-state index in [1.165, 1.54) is 0 Å². The first-order valence-electron chi connectivity index (χ1n) is 8.60. The Labute approximate surface area is 158 Å². The van der Waals surface area contributed by atoms with E-state index < -0.39 is 0 Å². The third-order valence-corrected chi connectivity index (χ3v) is 3.83. The second kappa shape index (κ2) is 9.20. The number of ether oxygens (including phenoxy) is 1. The Hall–Kier alpha value is -3.60. The normalized spacial score (nSPS) is 10.1. The van der Waals surface area contributed by atoms with Crippen molar-refractivity contribution in [2.45, 2.75) is 6.61 Å². The Morgan fingerprint density at radius 3 is 2.07 bits per heavy atom. The first-order chi connectivity index (χ1) is 13.2. The fourth-order valence-electron chi connectivity index (χ4n) is 2.43. The van der Waals surface area contributed by atoms with Crippen LogP contribution in [0.4, 0.5) is 5.69 Å². The number of anilines is 1. The van der Waals surface area contributed by atoms with Crippen LogP contribution < -0.4 is 15.4 Å². The standard InChI is InChI=1S/C22H20N2O3/c25-21(15-23-22(26)18-9-5-2-6-10-18)24-19-11-13-20(14-12-19)27-16-17-7-3-1-4-8-17/h1-14H,15-16H2,(H,23,26)(H,24,25). The topological polar surface area (TPSA) is 67.4 Å². The van der Waals surface area contributed by atoms with Gasteiger partial charge in [0.15, 0.2) is 0 Å². The second-order valence-corrected chi connectivity index (χ2v) is 5.90. The van der Waals surface area contributed by atoms with Crippen molar-refractivity contribution in [1.29, 1.82) is 0 Å². The molecule has 2 amide bonds. The number of hydrogen-bond donors (Lipinski definition) is 2. The first kappa shape index (κ1) is 18.2. The molecule has 0 spiro atoms. The summed E-state index contributed by atoms with van der Waals surface area (Å²) in [5.41, 5.74) is 2.25. The molecule has 3 aromatic rings. The molecule has 0 radical (unpaired) electrons. The largest absolute Gasteiger partial charge is 0.489 e. The zero-order chi connectivity index (χ0) is 18.9. The molecule has 27 heavy (non-hydrogen) atoms. The molecule has 0 atom stereocenters. The van der Waals surface area contributed by atoms with Gasteiger partial charge in [0.2, 0.25) is 5.91 Å². The van der Waals surface area contributed by atoms with Gasteiger partial charge in [-0.25, -0.2) is 0 Å². The van der Waals surface area contributed by atoms with Crippen molar-refractivity contribution in [3.63, 3.8) is 0 Å². The van der Waals surface area contributed by atoms with Crippen molar-refractivity contribution < 1.29 is 14.3 Å². The number of amides is 2. The summed E-state index contributed by atoms with van der Waals surface area (Å²) < 4.78 is 5.71. The molecule has 0 aliphatic heterocycles. The van der Waals surface area contributed by atoms with E-state index in [1.807, 2.05) is 36.4 Å². The summed E-state index contributed by atoms with van der Waals surface area (Å²) >= 11 is 0. The highest BCUT2D eigenvalue weighted by atomic mass is 16.5. The van der Waals surface area contributed by atoms with Gasteiger partial charge in [0.25, 0.3) is 5.91 Å². The van der Waals surface area contributed by atoms with Gasteiger partial charge in [-0.15, -0.1) is 0 Å². The Bertz CT molecular complexity index is 878. The van der Waals surface area contributed by atoms with E-state index >= 15 is 0 Å². The van der Waals surface area contributed by atoms with E-state index in [4.69, 9.17) is 4.74 Å². The average molecular weight is 360 g/mol. The number of rotatable bonds is 7. The molecule has 0 aliphatic carbocycles. The molecule has 0 saturated heterocycles. The van der Waals surface area contributed by atoms with Gasteiger partial charge in [-0.1, -0.05) is 48.5 Å². The molecule has 5 heteroatoms. The maximum absolute atomic E-state index is 12.0. The van der Waals surface area contributed by atoms with Crippen molar-refractivity contribution in [3.05, 3.63) is 96.1 Å². The Balaban J connectivity index is 1.45. The maximum atomic E-state index is 12.0. The van der Waals surface area contributed by atoms with Crippen LogP contribution in [0.25, 0.3) is 0 Å². The molecule has 3 aromatic carbocycles. The van der Waals surface area contributed by atoms with Gasteiger partial charge in [0.1, 0.15) is 12.4 Å². The predicted octanol–water partition coefficient (Wildman–Crippen LogP) is 3.63. The maximum Gasteiger partial charge on any atom is 0.251 e. The molecule has 5 nitrogen and oxygen atoms in total. The smallest absolute Gasteiger partial charge is 0.251 e. The van der Waals surface area contributed by atoms with Crippen LogP contribution >= 0.6 is 0 Å². The lowest BCUT2D eigenvalue weighted by atomic mass is 10.2. The van der Waals surface area contributed by atoms with Crippen LogP contribution in [0.2, 0.25) is 0 Å². The molecule has 0 unspecified atom stereocenters. The fourth-order valence-corrected chi connectivity index (χ4v) is 2.43. The lowest BCUT2D eigenvalue weighted by molar-refractivity contribution is -0.115. The molecule has 3 rings (SSSR count). The van der Waals surface area contributed by atoms with Crippen LogP contribution in [0.1, 0.15) is 15.9 Å². The number of hydrogen-bond acceptors (Lipinski definition) is 3. The molecular formula is C22H20N2O3. The minimum absolute atomic E-state index is 0.0972. The van der Waals surface area contributed by atoms with E-state index in [0.29, 0.717) is 23.6 Å². The zero-order valence-electron chi connectivity index (χ0n) is 14.7. The Morgan fingerprint density at radius 1 is 0.778 bits per heavy atom. The summed E-state index contributed by atoms with van der Waals surface area (Å²) in [6, 6.07) is 25.8. The summed E-state index contributed by atoms with van der Waals surface area (Å²) in [6.07, 6.45) is 0. The van der Waals surface area contributed by atoms with Gasteiger partial charge in [-0.3, -0.25) is 9.59 Å². The number of carbonyl (C=O) groups is 2. The van der Waals surface area contributed by atoms with Crippen LogP contribution in [0, 0.1) is 0 Å². The van der Waals surface area contributed by atoms with Crippen LogP contribution in [0.15, 0.2) is 84.9 Å². The Morgan fingerprint density at radius 2 is 1.41 bits per heavy atom. The third-order valence-electron chi connectivity index (χ3n) is 3.83. The van der Waals surface area contributed by atoms with Crippen molar-refractivity contribution in [2.75, 3.05) is 11.9 Å². The number of nitrogens with one attached hydrogen (secondary N) is 2. The molecule has 0 bridgehead atoms. The molecule has 0 aliphatic rings. The summed E-state index contributed by atoms with van der Waals surface area (Å²) in [4.78, 5) is 23.9. The molecule has 136 valence electrons. The summed E-state index contributed by atoms with van der Waals surface area (Å²) in [7, 11) is 0. The van der Waals surface area contributed by atoms with E-state index in [0.717, 1.165) is 5.56 Å². The molecule has 0 aromatic heterocycles. The highest BCUT2D eigenvalue weighted by molar-refractivity contribution is 5.99. The van der Waals surface area contributed by atoms with Crippen LogP contribution in [-0.4, -0.2) is 18.4 Å². The third kappa shape index (κ3) is 5.71. The van der Waals surface area contributed by atoms with Gasteiger partial charge in [0.05, 0.1) is 6.54 Å². The molecule has 0 fully saturated rings. The molecule has 0 saturated carbocycles. The highest BCUT2D eigenvalue weighted by Crippen LogP contribution is 2.17. The van der Waals surface area contributed by atoms with E-state index in [1.54, 1.807) is 48.5 Å². The summed E-state index contributed by atoms with van der Waals surface area (Å²) in [5, 5.41) is 5.33. The SMILES string of the molecule is O=C(CNC(=O)c1ccccc1)Nc1ccc(OCc2ccccc2)cc1. The van der Waals surface area contributed by atoms with Crippen LogP contribution in [0.5, 0.6) is 5.75 Å². The molecule has 0 heterocycles. The quantitative estimate of drug-likeness (QED) is 0.676. The lowest BCUT2D eigenvalue weighted by Gasteiger charge is -2.09. The van der Waals surface area contributed by atoms with Crippen molar-refractivity contribution in [3.8, 4) is 5.75 Å². The van der Waals surface area contributed by atoms with Crippen LogP contribution in [0.3, 0.4) is 0 Å². The lowest BCUT2D eigenvalue weighted by Crippen LogP contribution is -2.32. The van der Waals surface area contributed by atoms with Crippen LogP contribution in [-0.2, 0) is 11.4 Å². The summed E-state index contributed by atoms with van der Waals surface area (Å²) in [5.74, 6) is 0.141. The predicted molar refractivity (Wildman–Crippen MR) is 105 cm³/mol.